The molecule has 0 aliphatic rings. The van der Waals surface area contributed by atoms with Crippen molar-refractivity contribution < 1.29 is 21.8 Å². The second-order valence-electron chi connectivity index (χ2n) is 6.59. The summed E-state index contributed by atoms with van der Waals surface area (Å²) < 4.78 is 40.5. The Labute approximate surface area is 169 Å². The highest BCUT2D eigenvalue weighted by atomic mass is 32.2. The Morgan fingerprint density at radius 2 is 1.41 bits per heavy atom. The molecule has 29 heavy (non-hydrogen) atoms. The summed E-state index contributed by atoms with van der Waals surface area (Å²) in [6.07, 6.45) is 0.976. The standard InChI is InChI=1S/C22H20FNO4S/c1-29(26,27)28-21-13-7-18(8-14-21)16-24(15-17-5-3-2-4-6-17)22(25)19-9-11-20(23)12-10-19/h2-14H,15-16H2,1H3. The van der Waals surface area contributed by atoms with E-state index >= 15 is 0 Å². The van der Waals surface area contributed by atoms with Crippen molar-refractivity contribution in [1.82, 2.24) is 4.90 Å². The van der Waals surface area contributed by atoms with Gasteiger partial charge in [0.1, 0.15) is 11.6 Å². The molecule has 0 N–H and O–H groups in total. The van der Waals surface area contributed by atoms with Crippen molar-refractivity contribution in [2.45, 2.75) is 13.1 Å². The van der Waals surface area contributed by atoms with Gasteiger partial charge in [-0.15, -0.1) is 0 Å². The Balaban J connectivity index is 1.82. The van der Waals surface area contributed by atoms with Gasteiger partial charge in [0.25, 0.3) is 5.91 Å². The monoisotopic (exact) mass is 413 g/mol. The van der Waals surface area contributed by atoms with Crippen LogP contribution >= 0.6 is 0 Å². The summed E-state index contributed by atoms with van der Waals surface area (Å²) in [5.74, 6) is -0.432. The molecule has 0 aliphatic heterocycles. The fourth-order valence-electron chi connectivity index (χ4n) is 2.82. The first-order valence-corrected chi connectivity index (χ1v) is 10.7. The van der Waals surface area contributed by atoms with E-state index in [0.29, 0.717) is 18.7 Å². The van der Waals surface area contributed by atoms with Gasteiger partial charge in [-0.2, -0.15) is 8.42 Å². The van der Waals surface area contributed by atoms with Crippen LogP contribution in [0.15, 0.2) is 78.9 Å². The maximum absolute atomic E-state index is 13.2. The van der Waals surface area contributed by atoms with Gasteiger partial charge in [0.05, 0.1) is 6.26 Å². The summed E-state index contributed by atoms with van der Waals surface area (Å²) >= 11 is 0. The van der Waals surface area contributed by atoms with Gasteiger partial charge in [-0.1, -0.05) is 42.5 Å². The molecule has 1 amide bonds. The minimum absolute atomic E-state index is 0.204. The number of nitrogens with zero attached hydrogens (tertiary/aromatic N) is 1. The van der Waals surface area contributed by atoms with Gasteiger partial charge in [0.2, 0.25) is 0 Å². The van der Waals surface area contributed by atoms with Gasteiger partial charge in [-0.25, -0.2) is 4.39 Å². The lowest BCUT2D eigenvalue weighted by molar-refractivity contribution is 0.0730. The molecule has 0 saturated carbocycles. The average Bonchev–Trinajstić information content (AvgIpc) is 2.69. The fourth-order valence-corrected chi connectivity index (χ4v) is 3.28. The molecule has 0 atom stereocenters. The molecule has 3 rings (SSSR count). The van der Waals surface area contributed by atoms with Crippen molar-refractivity contribution in [2.24, 2.45) is 0 Å². The van der Waals surface area contributed by atoms with E-state index < -0.39 is 15.9 Å². The van der Waals surface area contributed by atoms with Crippen LogP contribution in [0.1, 0.15) is 21.5 Å². The van der Waals surface area contributed by atoms with Gasteiger partial charge in [0, 0.05) is 18.7 Å². The van der Waals surface area contributed by atoms with E-state index in [2.05, 4.69) is 0 Å². The van der Waals surface area contributed by atoms with Gasteiger partial charge < -0.3 is 9.08 Å². The summed E-state index contributed by atoms with van der Waals surface area (Å²) in [4.78, 5) is 14.7. The zero-order chi connectivity index (χ0) is 20.9. The van der Waals surface area contributed by atoms with Crippen LogP contribution in [0.25, 0.3) is 0 Å². The predicted octanol–water partition coefficient (Wildman–Crippen LogP) is 4.01. The molecular formula is C22H20FNO4S. The number of amides is 1. The molecular weight excluding hydrogens is 393 g/mol. The molecule has 0 bridgehead atoms. The zero-order valence-electron chi connectivity index (χ0n) is 15.8. The Hall–Kier alpha value is -3.19. The second-order valence-corrected chi connectivity index (χ2v) is 8.16. The topological polar surface area (TPSA) is 63.7 Å². The molecule has 0 fully saturated rings. The van der Waals surface area contributed by atoms with Crippen LogP contribution < -0.4 is 4.18 Å². The van der Waals surface area contributed by atoms with E-state index in [9.17, 15) is 17.6 Å². The molecule has 0 saturated heterocycles. The lowest BCUT2D eigenvalue weighted by Crippen LogP contribution is -2.30. The highest BCUT2D eigenvalue weighted by Crippen LogP contribution is 2.18. The van der Waals surface area contributed by atoms with E-state index in [-0.39, 0.29) is 11.7 Å². The first kappa shape index (κ1) is 20.5. The summed E-state index contributed by atoms with van der Waals surface area (Å²) in [7, 11) is -3.60. The highest BCUT2D eigenvalue weighted by Gasteiger charge is 2.17. The summed E-state index contributed by atoms with van der Waals surface area (Å²) in [6, 6.07) is 21.5. The van der Waals surface area contributed by atoms with Crippen LogP contribution in [0.3, 0.4) is 0 Å². The van der Waals surface area contributed by atoms with Gasteiger partial charge >= 0.3 is 10.1 Å². The molecule has 7 heteroatoms. The largest absolute Gasteiger partial charge is 0.383 e. The van der Waals surface area contributed by atoms with E-state index in [1.54, 1.807) is 29.2 Å². The summed E-state index contributed by atoms with van der Waals surface area (Å²) in [6.45, 7) is 0.670. The quantitative estimate of drug-likeness (QED) is 0.549. The summed E-state index contributed by atoms with van der Waals surface area (Å²) in [5, 5.41) is 0. The Bertz CT molecular complexity index is 1070. The molecule has 0 unspecified atom stereocenters. The maximum atomic E-state index is 13.2. The van der Waals surface area contributed by atoms with Crippen molar-refractivity contribution in [3.8, 4) is 5.75 Å². The highest BCUT2D eigenvalue weighted by molar-refractivity contribution is 7.86. The smallest absolute Gasteiger partial charge is 0.306 e. The van der Waals surface area contributed by atoms with Crippen LogP contribution in [-0.2, 0) is 23.2 Å². The minimum Gasteiger partial charge on any atom is -0.383 e. The molecule has 0 heterocycles. The third kappa shape index (κ3) is 6.15. The molecule has 5 nitrogen and oxygen atoms in total. The van der Waals surface area contributed by atoms with Crippen molar-refractivity contribution in [2.75, 3.05) is 6.26 Å². The van der Waals surface area contributed by atoms with E-state index in [4.69, 9.17) is 4.18 Å². The third-order valence-electron chi connectivity index (χ3n) is 4.14. The van der Waals surface area contributed by atoms with Crippen molar-refractivity contribution in [1.29, 1.82) is 0 Å². The van der Waals surface area contributed by atoms with Crippen LogP contribution in [0.4, 0.5) is 4.39 Å². The first-order valence-electron chi connectivity index (χ1n) is 8.87. The van der Waals surface area contributed by atoms with Gasteiger partial charge in [-0.3, -0.25) is 4.79 Å². The van der Waals surface area contributed by atoms with Crippen LogP contribution in [0, 0.1) is 5.82 Å². The SMILES string of the molecule is CS(=O)(=O)Oc1ccc(CN(Cc2ccccc2)C(=O)c2ccc(F)cc2)cc1. The van der Waals surface area contributed by atoms with E-state index in [1.807, 2.05) is 30.3 Å². The minimum atomic E-state index is -3.60. The van der Waals surface area contributed by atoms with Crippen molar-refractivity contribution in [3.63, 3.8) is 0 Å². The molecule has 0 spiro atoms. The third-order valence-corrected chi connectivity index (χ3v) is 4.63. The van der Waals surface area contributed by atoms with Crippen molar-refractivity contribution >= 4 is 16.0 Å². The van der Waals surface area contributed by atoms with Crippen molar-refractivity contribution in [3.05, 3.63) is 101 Å². The van der Waals surface area contributed by atoms with Crippen LogP contribution in [0.5, 0.6) is 5.75 Å². The van der Waals surface area contributed by atoms with Gasteiger partial charge in [-0.05, 0) is 47.5 Å². The zero-order valence-corrected chi connectivity index (χ0v) is 16.6. The number of rotatable bonds is 7. The number of benzene rings is 3. The predicted molar refractivity (Wildman–Crippen MR) is 108 cm³/mol. The number of halogens is 1. The molecule has 3 aromatic rings. The number of carbonyl (C=O) groups excluding carboxylic acids is 1. The Morgan fingerprint density at radius 1 is 0.862 bits per heavy atom. The fraction of sp³-hybridized carbons (Fsp3) is 0.136. The Kier molecular flexibility index (Phi) is 6.29. The molecule has 0 radical (unpaired) electrons. The molecule has 0 aromatic heterocycles. The van der Waals surface area contributed by atoms with E-state index in [0.717, 1.165) is 17.4 Å². The first-order chi connectivity index (χ1) is 13.8. The van der Waals surface area contributed by atoms with E-state index in [1.165, 1.54) is 24.3 Å². The number of hydrogen-bond donors (Lipinski definition) is 0. The maximum Gasteiger partial charge on any atom is 0.306 e. The lowest BCUT2D eigenvalue weighted by Gasteiger charge is -2.23. The lowest BCUT2D eigenvalue weighted by atomic mass is 10.1. The summed E-state index contributed by atoms with van der Waals surface area (Å²) in [5.41, 5.74) is 2.15. The molecule has 0 aliphatic carbocycles. The molecule has 150 valence electrons. The number of carbonyl (C=O) groups is 1. The molecule has 3 aromatic carbocycles. The normalized spacial score (nSPS) is 11.1. The van der Waals surface area contributed by atoms with Crippen LogP contribution in [-0.4, -0.2) is 25.5 Å². The van der Waals surface area contributed by atoms with Crippen LogP contribution in [0.2, 0.25) is 0 Å². The average molecular weight is 413 g/mol. The number of hydrogen-bond acceptors (Lipinski definition) is 4. The Morgan fingerprint density at radius 3 is 1.97 bits per heavy atom. The van der Waals surface area contributed by atoms with Gasteiger partial charge in [0.15, 0.2) is 0 Å². The second kappa shape index (κ2) is 8.87.